The third-order valence-electron chi connectivity index (χ3n) is 4.51. The fraction of sp³-hybridized carbons (Fsp3) is 0.632. The van der Waals surface area contributed by atoms with Crippen LogP contribution >= 0.6 is 0 Å². The predicted octanol–water partition coefficient (Wildman–Crippen LogP) is 2.61. The second kappa shape index (κ2) is 9.52. The summed E-state index contributed by atoms with van der Waals surface area (Å²) in [5.41, 5.74) is 1.17. The van der Waals surface area contributed by atoms with Crippen LogP contribution in [0.25, 0.3) is 0 Å². The minimum Gasteiger partial charge on any atom is -0.497 e. The zero-order valence-electron chi connectivity index (χ0n) is 15.3. The lowest BCUT2D eigenvalue weighted by molar-refractivity contribution is 0.136. The molecule has 1 aliphatic heterocycles. The molecule has 0 aliphatic carbocycles. The van der Waals surface area contributed by atoms with Crippen molar-refractivity contribution in [1.82, 2.24) is 15.1 Å². The molecule has 0 atom stereocenters. The van der Waals surface area contributed by atoms with Crippen LogP contribution in [0, 0.1) is 5.92 Å². The largest absolute Gasteiger partial charge is 0.497 e. The van der Waals surface area contributed by atoms with Crippen LogP contribution in [0.5, 0.6) is 5.75 Å². The zero-order chi connectivity index (χ0) is 17.4. The first-order chi connectivity index (χ1) is 11.6. The average Bonchev–Trinajstić information content (AvgIpc) is 2.60. The molecule has 1 N–H and O–H groups in total. The van der Waals surface area contributed by atoms with Crippen molar-refractivity contribution >= 4 is 6.03 Å². The molecule has 0 bridgehead atoms. The molecule has 2 rings (SSSR count). The van der Waals surface area contributed by atoms with Gasteiger partial charge >= 0.3 is 6.03 Å². The first-order valence-corrected chi connectivity index (χ1v) is 8.96. The van der Waals surface area contributed by atoms with Crippen molar-refractivity contribution in [2.75, 3.05) is 46.4 Å². The number of piperazine rings is 1. The fourth-order valence-electron chi connectivity index (χ4n) is 2.87. The number of hydrogen-bond acceptors (Lipinski definition) is 3. The summed E-state index contributed by atoms with van der Waals surface area (Å²) < 4.78 is 5.22. The number of rotatable bonds is 7. The third kappa shape index (κ3) is 6.04. The lowest BCUT2D eigenvalue weighted by Crippen LogP contribution is -2.52. The number of nitrogens with one attached hydrogen (secondary N) is 1. The standard InChI is InChI=1S/C19H31N3O2/c1-16(2)8-10-21-11-13-22(14-12-21)19(23)20-9-7-17-5-4-6-18(15-17)24-3/h4-6,15-16H,7-14H2,1-3H3,(H,20,23). The molecule has 0 radical (unpaired) electrons. The Morgan fingerprint density at radius 3 is 2.67 bits per heavy atom. The summed E-state index contributed by atoms with van der Waals surface area (Å²) >= 11 is 0. The van der Waals surface area contributed by atoms with E-state index in [4.69, 9.17) is 4.74 Å². The molecule has 0 saturated carbocycles. The minimum absolute atomic E-state index is 0.0569. The molecule has 24 heavy (non-hydrogen) atoms. The number of hydrogen-bond donors (Lipinski definition) is 1. The molecule has 134 valence electrons. The molecule has 2 amide bonds. The van der Waals surface area contributed by atoms with E-state index < -0.39 is 0 Å². The first kappa shape index (κ1) is 18.6. The molecule has 5 heteroatoms. The first-order valence-electron chi connectivity index (χ1n) is 8.96. The van der Waals surface area contributed by atoms with Gasteiger partial charge in [0.15, 0.2) is 0 Å². The van der Waals surface area contributed by atoms with Crippen molar-refractivity contribution in [2.24, 2.45) is 5.92 Å². The highest BCUT2D eigenvalue weighted by Gasteiger charge is 2.20. The van der Waals surface area contributed by atoms with Crippen molar-refractivity contribution in [3.8, 4) is 5.75 Å². The minimum atomic E-state index is 0.0569. The number of ether oxygens (including phenoxy) is 1. The number of nitrogens with zero attached hydrogens (tertiary/aromatic N) is 2. The summed E-state index contributed by atoms with van der Waals surface area (Å²) in [6, 6.07) is 8.04. The predicted molar refractivity (Wildman–Crippen MR) is 97.6 cm³/mol. The smallest absolute Gasteiger partial charge is 0.317 e. The molecule has 1 heterocycles. The van der Waals surface area contributed by atoms with E-state index in [1.165, 1.54) is 12.0 Å². The third-order valence-corrected chi connectivity index (χ3v) is 4.51. The number of benzene rings is 1. The summed E-state index contributed by atoms with van der Waals surface area (Å²) in [4.78, 5) is 16.6. The summed E-state index contributed by atoms with van der Waals surface area (Å²) in [6.45, 7) is 9.92. The van der Waals surface area contributed by atoms with Gasteiger partial charge in [0.1, 0.15) is 5.75 Å². The molecular formula is C19H31N3O2. The Balaban J connectivity index is 1.66. The van der Waals surface area contributed by atoms with Crippen molar-refractivity contribution in [2.45, 2.75) is 26.7 Å². The van der Waals surface area contributed by atoms with Crippen LogP contribution in [0.1, 0.15) is 25.8 Å². The molecule has 0 aromatic heterocycles. The van der Waals surface area contributed by atoms with Crippen LogP contribution in [0.4, 0.5) is 4.79 Å². The maximum atomic E-state index is 12.3. The van der Waals surface area contributed by atoms with Gasteiger partial charge in [0.25, 0.3) is 0 Å². The Bertz CT molecular complexity index is 511. The van der Waals surface area contributed by atoms with E-state index in [9.17, 15) is 4.79 Å². The van der Waals surface area contributed by atoms with Gasteiger partial charge in [-0.2, -0.15) is 0 Å². The quantitative estimate of drug-likeness (QED) is 0.834. The highest BCUT2D eigenvalue weighted by atomic mass is 16.5. The van der Waals surface area contributed by atoms with Gasteiger partial charge in [-0.05, 0) is 43.0 Å². The zero-order valence-corrected chi connectivity index (χ0v) is 15.3. The van der Waals surface area contributed by atoms with Crippen LogP contribution in [0.2, 0.25) is 0 Å². The normalized spacial score (nSPS) is 15.6. The number of carbonyl (C=O) groups is 1. The molecule has 0 spiro atoms. The topological polar surface area (TPSA) is 44.8 Å². The van der Waals surface area contributed by atoms with E-state index in [1.807, 2.05) is 23.1 Å². The molecule has 1 saturated heterocycles. The highest BCUT2D eigenvalue weighted by molar-refractivity contribution is 5.74. The van der Waals surface area contributed by atoms with Gasteiger partial charge in [-0.1, -0.05) is 26.0 Å². The monoisotopic (exact) mass is 333 g/mol. The van der Waals surface area contributed by atoms with Crippen LogP contribution in [0.3, 0.4) is 0 Å². The van der Waals surface area contributed by atoms with Gasteiger partial charge in [-0.15, -0.1) is 0 Å². The van der Waals surface area contributed by atoms with Crippen molar-refractivity contribution in [3.63, 3.8) is 0 Å². The molecule has 5 nitrogen and oxygen atoms in total. The fourth-order valence-corrected chi connectivity index (χ4v) is 2.87. The summed E-state index contributed by atoms with van der Waals surface area (Å²) in [6.07, 6.45) is 2.05. The van der Waals surface area contributed by atoms with Crippen LogP contribution < -0.4 is 10.1 Å². The average molecular weight is 333 g/mol. The number of amides is 2. The van der Waals surface area contributed by atoms with E-state index >= 15 is 0 Å². The number of methoxy groups -OCH3 is 1. The van der Waals surface area contributed by atoms with Gasteiger partial charge in [0, 0.05) is 32.7 Å². The summed E-state index contributed by atoms with van der Waals surface area (Å²) in [5.74, 6) is 1.60. The van der Waals surface area contributed by atoms with E-state index in [1.54, 1.807) is 7.11 Å². The van der Waals surface area contributed by atoms with Gasteiger partial charge in [0.05, 0.1) is 7.11 Å². The van der Waals surface area contributed by atoms with Crippen LogP contribution in [0.15, 0.2) is 24.3 Å². The second-order valence-electron chi connectivity index (χ2n) is 6.84. The van der Waals surface area contributed by atoms with Crippen molar-refractivity contribution in [3.05, 3.63) is 29.8 Å². The maximum Gasteiger partial charge on any atom is 0.317 e. The Hall–Kier alpha value is -1.75. The summed E-state index contributed by atoms with van der Waals surface area (Å²) in [5, 5.41) is 3.03. The second-order valence-corrected chi connectivity index (χ2v) is 6.84. The van der Waals surface area contributed by atoms with Gasteiger partial charge in [-0.3, -0.25) is 4.90 Å². The van der Waals surface area contributed by atoms with Crippen LogP contribution in [-0.4, -0.2) is 62.2 Å². The Morgan fingerprint density at radius 1 is 1.25 bits per heavy atom. The lowest BCUT2D eigenvalue weighted by Gasteiger charge is -2.35. The van der Waals surface area contributed by atoms with Gasteiger partial charge in [0.2, 0.25) is 0 Å². The van der Waals surface area contributed by atoms with E-state index in [0.717, 1.165) is 50.8 Å². The number of urea groups is 1. The molecular weight excluding hydrogens is 302 g/mol. The Morgan fingerprint density at radius 2 is 2.00 bits per heavy atom. The molecule has 0 unspecified atom stereocenters. The molecule has 1 aliphatic rings. The van der Waals surface area contributed by atoms with E-state index in [0.29, 0.717) is 6.54 Å². The van der Waals surface area contributed by atoms with Crippen molar-refractivity contribution in [1.29, 1.82) is 0 Å². The van der Waals surface area contributed by atoms with E-state index in [-0.39, 0.29) is 6.03 Å². The van der Waals surface area contributed by atoms with E-state index in [2.05, 4.69) is 30.1 Å². The maximum absolute atomic E-state index is 12.3. The lowest BCUT2D eigenvalue weighted by atomic mass is 10.1. The molecule has 1 aromatic rings. The highest BCUT2D eigenvalue weighted by Crippen LogP contribution is 2.12. The Labute approximate surface area is 146 Å². The molecule has 1 aromatic carbocycles. The van der Waals surface area contributed by atoms with Crippen LogP contribution in [-0.2, 0) is 6.42 Å². The summed E-state index contributed by atoms with van der Waals surface area (Å²) in [7, 11) is 1.67. The van der Waals surface area contributed by atoms with Crippen molar-refractivity contribution < 1.29 is 9.53 Å². The molecule has 1 fully saturated rings. The van der Waals surface area contributed by atoms with Gasteiger partial charge < -0.3 is 15.0 Å². The number of carbonyl (C=O) groups excluding carboxylic acids is 1. The Kier molecular flexibility index (Phi) is 7.37. The van der Waals surface area contributed by atoms with Gasteiger partial charge in [-0.25, -0.2) is 4.79 Å². The SMILES string of the molecule is COc1cccc(CCNC(=O)N2CCN(CCC(C)C)CC2)c1.